The fourth-order valence-corrected chi connectivity index (χ4v) is 4.00. The van der Waals surface area contributed by atoms with Crippen LogP contribution in [-0.4, -0.2) is 49.2 Å². The number of esters is 1. The summed E-state index contributed by atoms with van der Waals surface area (Å²) >= 11 is 4.40. The van der Waals surface area contributed by atoms with E-state index in [2.05, 4.69) is 51.9 Å². The average molecular weight is 445 g/mol. The van der Waals surface area contributed by atoms with E-state index in [0.29, 0.717) is 36.0 Å². The maximum atomic E-state index is 12.8. The molecule has 0 aliphatic rings. The lowest BCUT2D eigenvalue weighted by Gasteiger charge is -2.19. The highest BCUT2D eigenvalue weighted by Gasteiger charge is 2.22. The van der Waals surface area contributed by atoms with E-state index in [1.807, 2.05) is 6.07 Å². The first-order chi connectivity index (χ1) is 13.0. The highest BCUT2D eigenvalue weighted by Crippen LogP contribution is 2.31. The normalized spacial score (nSPS) is 12.0. The van der Waals surface area contributed by atoms with Gasteiger partial charge in [0.15, 0.2) is 6.79 Å². The van der Waals surface area contributed by atoms with Crippen LogP contribution in [0.25, 0.3) is 0 Å². The van der Waals surface area contributed by atoms with Crippen LogP contribution >= 0.6 is 12.6 Å². The van der Waals surface area contributed by atoms with Crippen LogP contribution in [0.3, 0.4) is 0 Å². The van der Waals surface area contributed by atoms with Gasteiger partial charge in [-0.2, -0.15) is 12.6 Å². The van der Waals surface area contributed by atoms with E-state index in [1.165, 1.54) is 0 Å². The molecule has 8 heteroatoms. The van der Waals surface area contributed by atoms with Crippen molar-refractivity contribution < 1.29 is 23.7 Å². The van der Waals surface area contributed by atoms with Crippen molar-refractivity contribution in [1.29, 1.82) is 0 Å². The van der Waals surface area contributed by atoms with Crippen molar-refractivity contribution in [3.8, 4) is 11.5 Å². The van der Waals surface area contributed by atoms with Gasteiger partial charge in [0.1, 0.15) is 17.1 Å². The van der Waals surface area contributed by atoms with Crippen LogP contribution in [0, 0.1) is 0 Å². The summed E-state index contributed by atoms with van der Waals surface area (Å²) in [6, 6.07) is 5.57. The number of benzene rings is 1. The highest BCUT2D eigenvalue weighted by atomic mass is 32.1. The van der Waals surface area contributed by atoms with Crippen LogP contribution in [0.15, 0.2) is 12.1 Å². The number of methoxy groups -OCH3 is 1. The molecule has 0 heterocycles. The molecule has 0 atom stereocenters. The Bertz CT molecular complexity index is 639. The second-order valence-corrected chi connectivity index (χ2v) is 20.8. The first-order valence-electron chi connectivity index (χ1n) is 9.66. The zero-order chi connectivity index (χ0) is 21.4. The van der Waals surface area contributed by atoms with Gasteiger partial charge in [-0.25, -0.2) is 4.79 Å². The molecule has 0 spiro atoms. The lowest BCUT2D eigenvalue weighted by atomic mass is 10.1. The molecule has 0 aromatic heterocycles. The molecule has 160 valence electrons. The highest BCUT2D eigenvalue weighted by molar-refractivity contribution is 7.79. The second-order valence-electron chi connectivity index (χ2n) is 9.27. The number of hydrogen-bond donors (Lipinski definition) is 1. The van der Waals surface area contributed by atoms with Crippen molar-refractivity contribution in [2.75, 3.05) is 27.1 Å². The van der Waals surface area contributed by atoms with Gasteiger partial charge < -0.3 is 18.9 Å². The van der Waals surface area contributed by atoms with Crippen LogP contribution in [-0.2, 0) is 15.2 Å². The molecule has 5 nitrogen and oxygen atoms in total. The molecule has 28 heavy (non-hydrogen) atoms. The SMILES string of the molecule is COCOc1cc(OCC[Si](C)(C)C)cc(CS)c1C(=O)OCC[Si](C)(C)C. The summed E-state index contributed by atoms with van der Waals surface area (Å²) in [6.07, 6.45) is 0. The largest absolute Gasteiger partial charge is 0.494 e. The third-order valence-electron chi connectivity index (χ3n) is 4.07. The van der Waals surface area contributed by atoms with E-state index >= 15 is 0 Å². The predicted molar refractivity (Wildman–Crippen MR) is 124 cm³/mol. The van der Waals surface area contributed by atoms with E-state index in [9.17, 15) is 4.79 Å². The molecule has 0 unspecified atom stereocenters. The average Bonchev–Trinajstić information content (AvgIpc) is 2.56. The fraction of sp³-hybridized carbons (Fsp3) is 0.650. The summed E-state index contributed by atoms with van der Waals surface area (Å²) < 4.78 is 22.2. The standard InChI is InChI=1S/C20H36O5SSi2/c1-22-15-25-18-13-17(23-8-10-27(2,3)4)12-16(14-26)19(18)20(21)24-9-11-28(5,6)7/h12-13,26H,8-11,14-15H2,1-7H3. The van der Waals surface area contributed by atoms with Crippen molar-refractivity contribution in [1.82, 2.24) is 0 Å². The monoisotopic (exact) mass is 444 g/mol. The quantitative estimate of drug-likeness (QED) is 0.205. The molecule has 0 saturated heterocycles. The number of carbonyl (C=O) groups excluding carboxylic acids is 1. The summed E-state index contributed by atoms with van der Waals surface area (Å²) in [6.45, 7) is 14.8. The van der Waals surface area contributed by atoms with Crippen LogP contribution in [0.1, 0.15) is 15.9 Å². The molecule has 0 saturated carbocycles. The number of thiol groups is 1. The molecule has 0 fully saturated rings. The third kappa shape index (κ3) is 9.49. The zero-order valence-corrected chi connectivity index (χ0v) is 21.3. The molecule has 0 radical (unpaired) electrons. The van der Waals surface area contributed by atoms with E-state index in [1.54, 1.807) is 13.2 Å². The molecule has 0 bridgehead atoms. The van der Waals surface area contributed by atoms with E-state index in [0.717, 1.165) is 17.7 Å². The fourth-order valence-electron chi connectivity index (χ4n) is 2.32. The molecule has 1 aromatic rings. The summed E-state index contributed by atoms with van der Waals surface area (Å²) in [4.78, 5) is 12.8. The Morgan fingerprint density at radius 1 is 0.964 bits per heavy atom. The van der Waals surface area contributed by atoms with Crippen LogP contribution in [0.5, 0.6) is 11.5 Å². The maximum Gasteiger partial charge on any atom is 0.342 e. The lowest BCUT2D eigenvalue weighted by molar-refractivity contribution is 0.0435. The smallest absolute Gasteiger partial charge is 0.342 e. The van der Waals surface area contributed by atoms with Crippen molar-refractivity contribution in [2.45, 2.75) is 57.1 Å². The predicted octanol–water partition coefficient (Wildman–Crippen LogP) is 5.31. The van der Waals surface area contributed by atoms with Gasteiger partial charge in [-0.3, -0.25) is 0 Å². The van der Waals surface area contributed by atoms with Gasteiger partial charge in [-0.1, -0.05) is 39.3 Å². The summed E-state index contributed by atoms with van der Waals surface area (Å²) in [7, 11) is -0.929. The number of carbonyl (C=O) groups is 1. The molecule has 1 aromatic carbocycles. The Morgan fingerprint density at radius 3 is 2.11 bits per heavy atom. The Hall–Kier alpha value is -0.966. The number of rotatable bonds is 12. The Kier molecular flexibility index (Phi) is 10.1. The van der Waals surface area contributed by atoms with Gasteiger partial charge in [0.05, 0.1) is 13.2 Å². The van der Waals surface area contributed by atoms with Crippen molar-refractivity contribution in [3.05, 3.63) is 23.3 Å². The maximum absolute atomic E-state index is 12.8. The molecule has 1 rings (SSSR count). The Morgan fingerprint density at radius 2 is 1.57 bits per heavy atom. The molecular formula is C20H36O5SSi2. The Labute approximate surface area is 177 Å². The van der Waals surface area contributed by atoms with Gasteiger partial charge in [0.2, 0.25) is 0 Å². The van der Waals surface area contributed by atoms with E-state index < -0.39 is 16.1 Å². The first-order valence-corrected chi connectivity index (χ1v) is 17.7. The topological polar surface area (TPSA) is 54.0 Å². The van der Waals surface area contributed by atoms with Gasteiger partial charge in [-0.05, 0) is 23.7 Å². The molecule has 0 N–H and O–H groups in total. The molecule has 0 aliphatic carbocycles. The minimum absolute atomic E-state index is 0.0412. The van der Waals surface area contributed by atoms with Gasteiger partial charge >= 0.3 is 5.97 Å². The molecule has 0 aliphatic heterocycles. The Balaban J connectivity index is 3.03. The second kappa shape index (κ2) is 11.3. The minimum Gasteiger partial charge on any atom is -0.494 e. The summed E-state index contributed by atoms with van der Waals surface area (Å²) in [5, 5.41) is 0. The third-order valence-corrected chi connectivity index (χ3v) is 7.82. The summed E-state index contributed by atoms with van der Waals surface area (Å²) in [5.74, 6) is 1.08. The van der Waals surface area contributed by atoms with Crippen molar-refractivity contribution in [3.63, 3.8) is 0 Å². The van der Waals surface area contributed by atoms with Crippen LogP contribution < -0.4 is 9.47 Å². The molecular weight excluding hydrogens is 408 g/mol. The molecule has 0 amide bonds. The minimum atomic E-state index is -1.28. The van der Waals surface area contributed by atoms with Crippen molar-refractivity contribution in [2.24, 2.45) is 0 Å². The summed E-state index contributed by atoms with van der Waals surface area (Å²) in [5.41, 5.74) is 1.14. The van der Waals surface area contributed by atoms with Crippen molar-refractivity contribution >= 4 is 34.7 Å². The van der Waals surface area contributed by atoms with E-state index in [-0.39, 0.29) is 12.8 Å². The van der Waals surface area contributed by atoms with E-state index in [4.69, 9.17) is 18.9 Å². The van der Waals surface area contributed by atoms with Gasteiger partial charge in [-0.15, -0.1) is 0 Å². The van der Waals surface area contributed by atoms with Gasteiger partial charge in [0.25, 0.3) is 0 Å². The first kappa shape index (κ1) is 25.1. The van der Waals surface area contributed by atoms with Crippen LogP contribution in [0.4, 0.5) is 0 Å². The van der Waals surface area contributed by atoms with Gasteiger partial charge in [0, 0.05) is 35.1 Å². The van der Waals surface area contributed by atoms with Crippen LogP contribution in [0.2, 0.25) is 51.4 Å². The number of ether oxygens (including phenoxy) is 4. The zero-order valence-electron chi connectivity index (χ0n) is 18.4. The lowest BCUT2D eigenvalue weighted by Crippen LogP contribution is -2.23. The number of hydrogen-bond acceptors (Lipinski definition) is 6.